The highest BCUT2D eigenvalue weighted by Crippen LogP contribution is 2.32. The van der Waals surface area contributed by atoms with E-state index in [2.05, 4.69) is 0 Å². The summed E-state index contributed by atoms with van der Waals surface area (Å²) < 4.78 is 52.1. The molecule has 2 heterocycles. The average molecular weight is 415 g/mol. The van der Waals surface area contributed by atoms with Gasteiger partial charge >= 0.3 is 6.18 Å². The van der Waals surface area contributed by atoms with Gasteiger partial charge in [0.1, 0.15) is 5.82 Å². The third kappa shape index (κ3) is 5.46. The number of piperazine rings is 1. The maximum Gasteiger partial charge on any atom is 0.419 e. The fourth-order valence-electron chi connectivity index (χ4n) is 3.78. The number of halogens is 4. The predicted octanol–water partition coefficient (Wildman–Crippen LogP) is 3.00. The molecule has 0 aromatic heterocycles. The highest BCUT2D eigenvalue weighted by atomic mass is 19.4. The Kier molecular flexibility index (Phi) is 6.77. The summed E-state index contributed by atoms with van der Waals surface area (Å²) in [6, 6.07) is 2.31. The first-order valence-electron chi connectivity index (χ1n) is 9.92. The molecule has 2 aliphatic heterocycles. The highest BCUT2D eigenvalue weighted by Gasteiger charge is 2.35. The van der Waals surface area contributed by atoms with Crippen molar-refractivity contribution in [3.8, 4) is 0 Å². The number of carbonyl (C=O) groups is 2. The molecule has 9 heteroatoms. The van der Waals surface area contributed by atoms with Gasteiger partial charge in [-0.3, -0.25) is 14.5 Å². The van der Waals surface area contributed by atoms with Gasteiger partial charge in [0, 0.05) is 44.8 Å². The third-order valence-electron chi connectivity index (χ3n) is 5.50. The van der Waals surface area contributed by atoms with Gasteiger partial charge in [-0.2, -0.15) is 13.2 Å². The molecule has 5 nitrogen and oxygen atoms in total. The van der Waals surface area contributed by atoms with Gasteiger partial charge in [0.2, 0.25) is 5.91 Å². The summed E-state index contributed by atoms with van der Waals surface area (Å²) >= 11 is 0. The number of rotatable bonds is 3. The summed E-state index contributed by atoms with van der Waals surface area (Å²) in [5.41, 5.74) is -1.63. The van der Waals surface area contributed by atoms with Crippen molar-refractivity contribution < 1.29 is 27.2 Å². The van der Waals surface area contributed by atoms with Crippen LogP contribution in [0, 0.1) is 5.82 Å². The molecule has 160 valence electrons. The maximum absolute atomic E-state index is 13.4. The van der Waals surface area contributed by atoms with E-state index in [-0.39, 0.29) is 18.0 Å². The lowest BCUT2D eigenvalue weighted by Crippen LogP contribution is -2.51. The summed E-state index contributed by atoms with van der Waals surface area (Å²) in [6.45, 7) is 3.41. The Hall–Kier alpha value is -2.16. The van der Waals surface area contributed by atoms with Crippen LogP contribution in [0.3, 0.4) is 0 Å². The summed E-state index contributed by atoms with van der Waals surface area (Å²) in [5, 5.41) is 0. The van der Waals surface area contributed by atoms with Crippen molar-refractivity contribution in [1.82, 2.24) is 14.7 Å². The number of hydrogen-bond donors (Lipinski definition) is 0. The minimum Gasteiger partial charge on any atom is -0.342 e. The lowest BCUT2D eigenvalue weighted by Gasteiger charge is -2.35. The molecule has 0 bridgehead atoms. The van der Waals surface area contributed by atoms with Crippen molar-refractivity contribution in [2.75, 3.05) is 45.8 Å². The Morgan fingerprint density at radius 3 is 2.07 bits per heavy atom. The second-order valence-corrected chi connectivity index (χ2v) is 7.56. The first-order valence-corrected chi connectivity index (χ1v) is 9.92. The molecule has 2 saturated heterocycles. The molecule has 1 aromatic carbocycles. The molecule has 0 N–H and O–H groups in total. The SMILES string of the molecule is O=C(CN1CCN(C(=O)c2ccc(F)c(C(F)(F)F)c2)CC1)N1CCCCCC1. The van der Waals surface area contributed by atoms with E-state index in [1.54, 1.807) is 0 Å². The molecule has 29 heavy (non-hydrogen) atoms. The number of alkyl halides is 3. The Labute approximate surface area is 167 Å². The Morgan fingerprint density at radius 1 is 0.862 bits per heavy atom. The van der Waals surface area contributed by atoms with Crippen LogP contribution in [0.5, 0.6) is 0 Å². The highest BCUT2D eigenvalue weighted by molar-refractivity contribution is 5.94. The van der Waals surface area contributed by atoms with Gasteiger partial charge in [-0.25, -0.2) is 4.39 Å². The zero-order valence-corrected chi connectivity index (χ0v) is 16.2. The van der Waals surface area contributed by atoms with Crippen LogP contribution in [0.4, 0.5) is 17.6 Å². The minimum absolute atomic E-state index is 0.0834. The van der Waals surface area contributed by atoms with Crippen molar-refractivity contribution in [2.45, 2.75) is 31.9 Å². The van der Waals surface area contributed by atoms with Gasteiger partial charge < -0.3 is 9.80 Å². The molecule has 0 aliphatic carbocycles. The van der Waals surface area contributed by atoms with Crippen LogP contribution in [0.1, 0.15) is 41.6 Å². The monoisotopic (exact) mass is 415 g/mol. The molecular formula is C20H25F4N3O2. The molecule has 2 amide bonds. The van der Waals surface area contributed by atoms with E-state index in [1.165, 1.54) is 4.90 Å². The molecule has 0 atom stereocenters. The molecular weight excluding hydrogens is 390 g/mol. The van der Waals surface area contributed by atoms with Crippen LogP contribution >= 0.6 is 0 Å². The third-order valence-corrected chi connectivity index (χ3v) is 5.50. The maximum atomic E-state index is 13.4. The number of amides is 2. The second-order valence-electron chi connectivity index (χ2n) is 7.56. The van der Waals surface area contributed by atoms with Crippen molar-refractivity contribution >= 4 is 11.8 Å². The smallest absolute Gasteiger partial charge is 0.342 e. The first-order chi connectivity index (χ1) is 13.8. The molecule has 0 radical (unpaired) electrons. The van der Waals surface area contributed by atoms with Gasteiger partial charge in [-0.1, -0.05) is 12.8 Å². The molecule has 1 aromatic rings. The van der Waals surface area contributed by atoms with E-state index in [1.807, 2.05) is 9.80 Å². The number of hydrogen-bond acceptors (Lipinski definition) is 3. The van der Waals surface area contributed by atoms with E-state index in [4.69, 9.17) is 0 Å². The van der Waals surface area contributed by atoms with E-state index >= 15 is 0 Å². The zero-order valence-electron chi connectivity index (χ0n) is 16.2. The van der Waals surface area contributed by atoms with Crippen molar-refractivity contribution in [3.63, 3.8) is 0 Å². The largest absolute Gasteiger partial charge is 0.419 e. The minimum atomic E-state index is -4.85. The summed E-state index contributed by atoms with van der Waals surface area (Å²) in [5.74, 6) is -1.88. The fraction of sp³-hybridized carbons (Fsp3) is 0.600. The molecule has 3 rings (SSSR count). The number of carbonyl (C=O) groups excluding carboxylic acids is 2. The molecule has 0 saturated carbocycles. The Bertz CT molecular complexity index is 738. The van der Waals surface area contributed by atoms with Gasteiger partial charge in [-0.15, -0.1) is 0 Å². The summed E-state index contributed by atoms with van der Waals surface area (Å²) in [4.78, 5) is 30.3. The Morgan fingerprint density at radius 2 is 1.48 bits per heavy atom. The second kappa shape index (κ2) is 9.11. The van der Waals surface area contributed by atoms with E-state index in [9.17, 15) is 27.2 Å². The van der Waals surface area contributed by atoms with E-state index in [0.29, 0.717) is 38.3 Å². The molecule has 2 aliphatic rings. The van der Waals surface area contributed by atoms with Crippen molar-refractivity contribution in [3.05, 3.63) is 35.1 Å². The fourth-order valence-corrected chi connectivity index (χ4v) is 3.78. The zero-order chi connectivity index (χ0) is 21.0. The van der Waals surface area contributed by atoms with Gasteiger partial charge in [0.05, 0.1) is 12.1 Å². The van der Waals surface area contributed by atoms with Crippen molar-refractivity contribution in [2.24, 2.45) is 0 Å². The van der Waals surface area contributed by atoms with Crippen LogP contribution in [-0.4, -0.2) is 72.3 Å². The van der Waals surface area contributed by atoms with E-state index < -0.39 is 23.5 Å². The van der Waals surface area contributed by atoms with Crippen LogP contribution in [0.2, 0.25) is 0 Å². The molecule has 0 unspecified atom stereocenters. The van der Waals surface area contributed by atoms with Crippen molar-refractivity contribution in [1.29, 1.82) is 0 Å². The topological polar surface area (TPSA) is 43.9 Å². The lowest BCUT2D eigenvalue weighted by molar-refractivity contribution is -0.140. The number of benzene rings is 1. The quantitative estimate of drug-likeness (QED) is 0.713. The standard InChI is InChI=1S/C20H25F4N3O2/c21-17-6-5-15(13-16(17)20(22,23)24)19(29)27-11-9-25(10-12-27)14-18(28)26-7-3-1-2-4-8-26/h5-6,13H,1-4,7-12,14H2. The lowest BCUT2D eigenvalue weighted by atomic mass is 10.1. The first kappa shape index (κ1) is 21.5. The predicted molar refractivity (Wildman–Crippen MR) is 98.8 cm³/mol. The number of nitrogens with zero attached hydrogens (tertiary/aromatic N) is 3. The Balaban J connectivity index is 1.55. The van der Waals surface area contributed by atoms with Gasteiger partial charge in [0.15, 0.2) is 0 Å². The van der Waals surface area contributed by atoms with Crippen LogP contribution in [-0.2, 0) is 11.0 Å². The van der Waals surface area contributed by atoms with Gasteiger partial charge in [0.25, 0.3) is 5.91 Å². The average Bonchev–Trinajstić information content (AvgIpc) is 2.97. The summed E-state index contributed by atoms with van der Waals surface area (Å²) in [6.07, 6.45) is -0.530. The summed E-state index contributed by atoms with van der Waals surface area (Å²) in [7, 11) is 0. The molecule has 0 spiro atoms. The van der Waals surface area contributed by atoms with Crippen LogP contribution in [0.25, 0.3) is 0 Å². The van der Waals surface area contributed by atoms with Crippen LogP contribution in [0.15, 0.2) is 18.2 Å². The van der Waals surface area contributed by atoms with Crippen LogP contribution < -0.4 is 0 Å². The van der Waals surface area contributed by atoms with E-state index in [0.717, 1.165) is 44.8 Å². The number of likely N-dealkylation sites (tertiary alicyclic amines) is 1. The normalized spacial score (nSPS) is 19.2. The molecule has 2 fully saturated rings. The van der Waals surface area contributed by atoms with Gasteiger partial charge in [-0.05, 0) is 31.0 Å².